The largest absolute Gasteiger partial charge is 0.332 e. The maximum absolute atomic E-state index is 13.4. The smallest absolute Gasteiger partial charge is 0.254 e. The van der Waals surface area contributed by atoms with Gasteiger partial charge in [-0.2, -0.15) is 4.31 Å². The summed E-state index contributed by atoms with van der Waals surface area (Å²) in [4.78, 5) is 35.7. The molecule has 2 saturated carbocycles. The average Bonchev–Trinajstić information content (AvgIpc) is 3.46. The van der Waals surface area contributed by atoms with Gasteiger partial charge in [-0.25, -0.2) is 13.4 Å². The second-order valence-electron chi connectivity index (χ2n) is 9.40. The van der Waals surface area contributed by atoms with Crippen molar-refractivity contribution in [1.29, 1.82) is 0 Å². The van der Waals surface area contributed by atoms with Gasteiger partial charge in [0.2, 0.25) is 15.9 Å². The number of carbonyl (C=O) groups excluding carboxylic acids is 1. The van der Waals surface area contributed by atoms with E-state index in [1.807, 2.05) is 4.90 Å². The molecule has 0 aromatic carbocycles. The molecule has 8 nitrogen and oxygen atoms in total. The number of rotatable bonds is 3. The number of hydrogen-bond acceptors (Lipinski definition) is 5. The van der Waals surface area contributed by atoms with Crippen molar-refractivity contribution in [2.45, 2.75) is 64.0 Å². The van der Waals surface area contributed by atoms with Crippen LogP contribution in [0.5, 0.6) is 0 Å². The predicted octanol–water partition coefficient (Wildman–Crippen LogP) is 1.58. The van der Waals surface area contributed by atoms with Crippen LogP contribution in [-0.4, -0.2) is 52.8 Å². The van der Waals surface area contributed by atoms with E-state index in [1.165, 1.54) is 23.4 Å². The number of nitrogens with zero attached hydrogens (tertiary/aromatic N) is 3. The summed E-state index contributed by atoms with van der Waals surface area (Å²) in [6.07, 6.45) is 9.07. The first-order valence-electron chi connectivity index (χ1n) is 11.2. The van der Waals surface area contributed by atoms with E-state index in [4.69, 9.17) is 4.98 Å². The van der Waals surface area contributed by atoms with E-state index in [2.05, 4.69) is 4.98 Å². The molecule has 5 rings (SSSR count). The van der Waals surface area contributed by atoms with Gasteiger partial charge in [-0.05, 0) is 50.4 Å². The molecule has 2 aliphatic carbocycles. The summed E-state index contributed by atoms with van der Waals surface area (Å²) in [7, 11) is -3.34. The highest BCUT2D eigenvalue weighted by Gasteiger charge is 2.56. The normalized spacial score (nSPS) is 31.7. The molecule has 1 N–H and O–H groups in total. The Bertz CT molecular complexity index is 1010. The van der Waals surface area contributed by atoms with Crippen LogP contribution in [0.4, 0.5) is 0 Å². The highest BCUT2D eigenvalue weighted by molar-refractivity contribution is 7.88. The molecule has 3 fully saturated rings. The van der Waals surface area contributed by atoms with Gasteiger partial charge in [-0.1, -0.05) is 12.8 Å². The number of fused-ring (bicyclic) bond motifs is 2. The number of nitrogens with one attached hydrogen (secondary N) is 1. The van der Waals surface area contributed by atoms with E-state index in [0.717, 1.165) is 32.1 Å². The number of H-pyrrole nitrogens is 1. The van der Waals surface area contributed by atoms with Crippen LogP contribution in [0.1, 0.15) is 68.1 Å². The third-order valence-electron chi connectivity index (χ3n) is 7.57. The molecule has 164 valence electrons. The SMILES string of the molecule is CS(=O)(=O)N1CCc2c(nc(C3CCCCN3C(=O)C3C4CCCCC43)[nH]c2=O)C1. The van der Waals surface area contributed by atoms with E-state index >= 15 is 0 Å². The third-order valence-corrected chi connectivity index (χ3v) is 8.82. The number of piperidine rings is 1. The fourth-order valence-corrected chi connectivity index (χ4v) is 6.69. The zero-order valence-electron chi connectivity index (χ0n) is 17.5. The molecule has 0 spiro atoms. The van der Waals surface area contributed by atoms with Crippen molar-refractivity contribution < 1.29 is 13.2 Å². The number of sulfonamides is 1. The Kier molecular flexibility index (Phi) is 5.01. The van der Waals surface area contributed by atoms with Gasteiger partial charge in [0, 0.05) is 24.6 Å². The Morgan fingerprint density at radius 2 is 1.77 bits per heavy atom. The molecule has 3 heterocycles. The summed E-state index contributed by atoms with van der Waals surface area (Å²) >= 11 is 0. The molecule has 4 aliphatic rings. The summed E-state index contributed by atoms with van der Waals surface area (Å²) in [5, 5.41) is 0. The second kappa shape index (κ2) is 7.44. The summed E-state index contributed by atoms with van der Waals surface area (Å²) < 4.78 is 25.3. The van der Waals surface area contributed by atoms with Gasteiger partial charge in [0.1, 0.15) is 5.82 Å². The summed E-state index contributed by atoms with van der Waals surface area (Å²) in [6, 6.07) is -0.222. The van der Waals surface area contributed by atoms with Crippen LogP contribution in [0.15, 0.2) is 4.79 Å². The first-order valence-corrected chi connectivity index (χ1v) is 13.1. The van der Waals surface area contributed by atoms with Crippen LogP contribution in [0.3, 0.4) is 0 Å². The van der Waals surface area contributed by atoms with Crippen molar-refractivity contribution in [3.05, 3.63) is 27.4 Å². The Morgan fingerprint density at radius 1 is 1.07 bits per heavy atom. The number of carbonyl (C=O) groups is 1. The molecule has 3 atom stereocenters. The molecule has 9 heteroatoms. The van der Waals surface area contributed by atoms with Gasteiger partial charge in [-0.15, -0.1) is 0 Å². The molecule has 1 aromatic heterocycles. The van der Waals surface area contributed by atoms with E-state index < -0.39 is 10.0 Å². The quantitative estimate of drug-likeness (QED) is 0.778. The van der Waals surface area contributed by atoms with Crippen LogP contribution >= 0.6 is 0 Å². The van der Waals surface area contributed by atoms with Crippen LogP contribution in [0.25, 0.3) is 0 Å². The second-order valence-corrected chi connectivity index (χ2v) is 11.4. The third kappa shape index (κ3) is 3.49. The molecule has 1 saturated heterocycles. The first kappa shape index (κ1) is 20.2. The Hall–Kier alpha value is -1.74. The maximum Gasteiger partial charge on any atom is 0.254 e. The van der Waals surface area contributed by atoms with Gasteiger partial charge in [0.25, 0.3) is 5.56 Å². The minimum absolute atomic E-state index is 0.124. The van der Waals surface area contributed by atoms with E-state index in [0.29, 0.717) is 48.4 Å². The van der Waals surface area contributed by atoms with E-state index in [1.54, 1.807) is 0 Å². The van der Waals surface area contributed by atoms with Crippen molar-refractivity contribution in [2.24, 2.45) is 17.8 Å². The Balaban J connectivity index is 1.43. The van der Waals surface area contributed by atoms with Crippen molar-refractivity contribution in [2.75, 3.05) is 19.3 Å². The van der Waals surface area contributed by atoms with E-state index in [9.17, 15) is 18.0 Å². The Labute approximate surface area is 177 Å². The topological polar surface area (TPSA) is 103 Å². The van der Waals surface area contributed by atoms with Crippen molar-refractivity contribution in [1.82, 2.24) is 19.2 Å². The van der Waals surface area contributed by atoms with E-state index in [-0.39, 0.29) is 30.0 Å². The number of aromatic nitrogens is 2. The van der Waals surface area contributed by atoms with Gasteiger partial charge < -0.3 is 9.88 Å². The minimum atomic E-state index is -3.34. The monoisotopic (exact) mass is 434 g/mol. The lowest BCUT2D eigenvalue weighted by molar-refractivity contribution is -0.137. The minimum Gasteiger partial charge on any atom is -0.332 e. The van der Waals surface area contributed by atoms with Crippen molar-refractivity contribution in [3.63, 3.8) is 0 Å². The van der Waals surface area contributed by atoms with Crippen molar-refractivity contribution >= 4 is 15.9 Å². The zero-order valence-corrected chi connectivity index (χ0v) is 18.3. The predicted molar refractivity (Wildman–Crippen MR) is 111 cm³/mol. The number of likely N-dealkylation sites (tertiary alicyclic amines) is 1. The molecule has 0 bridgehead atoms. The lowest BCUT2D eigenvalue weighted by Crippen LogP contribution is -2.43. The van der Waals surface area contributed by atoms with Gasteiger partial charge in [-0.3, -0.25) is 9.59 Å². The van der Waals surface area contributed by atoms with Gasteiger partial charge >= 0.3 is 0 Å². The molecular formula is C21H30N4O4S. The molecular weight excluding hydrogens is 404 g/mol. The molecule has 2 aliphatic heterocycles. The standard InChI is InChI=1S/C21H30N4O4S/c1-30(28,29)24-11-9-15-16(12-24)22-19(23-20(15)26)17-8-4-5-10-25(17)21(27)18-13-6-2-3-7-14(13)18/h13-14,17-18H,2-12H2,1H3,(H,22,23,26). The summed E-state index contributed by atoms with van der Waals surface area (Å²) in [5.74, 6) is 2.00. The van der Waals surface area contributed by atoms with Crippen LogP contribution in [-0.2, 0) is 27.8 Å². The number of amides is 1. The fourth-order valence-electron chi connectivity index (χ4n) is 5.91. The molecule has 1 amide bonds. The molecule has 1 aromatic rings. The Morgan fingerprint density at radius 3 is 2.47 bits per heavy atom. The molecule has 3 unspecified atom stereocenters. The van der Waals surface area contributed by atoms with Gasteiger partial charge in [0.05, 0.1) is 24.5 Å². The van der Waals surface area contributed by atoms with Crippen LogP contribution in [0.2, 0.25) is 0 Å². The number of aromatic amines is 1. The highest BCUT2D eigenvalue weighted by atomic mass is 32.2. The molecule has 0 radical (unpaired) electrons. The zero-order chi connectivity index (χ0) is 21.0. The van der Waals surface area contributed by atoms with Crippen LogP contribution in [0, 0.1) is 17.8 Å². The maximum atomic E-state index is 13.4. The lowest BCUT2D eigenvalue weighted by atomic mass is 9.99. The fraction of sp³-hybridized carbons (Fsp3) is 0.762. The van der Waals surface area contributed by atoms with Crippen LogP contribution < -0.4 is 5.56 Å². The average molecular weight is 435 g/mol. The van der Waals surface area contributed by atoms with Gasteiger partial charge in [0.15, 0.2) is 0 Å². The highest BCUT2D eigenvalue weighted by Crippen LogP contribution is 2.56. The molecule has 30 heavy (non-hydrogen) atoms. The first-order chi connectivity index (χ1) is 14.3. The number of hydrogen-bond donors (Lipinski definition) is 1. The summed E-state index contributed by atoms with van der Waals surface area (Å²) in [6.45, 7) is 1.13. The van der Waals surface area contributed by atoms with Crippen molar-refractivity contribution in [3.8, 4) is 0 Å². The lowest BCUT2D eigenvalue weighted by Gasteiger charge is -2.36. The summed E-state index contributed by atoms with van der Waals surface area (Å²) in [5.41, 5.74) is 0.908.